The lowest BCUT2D eigenvalue weighted by Gasteiger charge is -2.28. The largest absolute Gasteiger partial charge is 0.386 e. The summed E-state index contributed by atoms with van der Waals surface area (Å²) >= 11 is 17.3. The number of ether oxygens (including phenoxy) is 8. The molecule has 6 aliphatic rings. The third kappa shape index (κ3) is 17.0. The van der Waals surface area contributed by atoms with Crippen molar-refractivity contribution in [1.82, 2.24) is 19.6 Å². The Hall–Kier alpha value is -11.0. The molecule has 0 saturated carbocycles. The first-order chi connectivity index (χ1) is 58.7. The molecule has 26 nitrogen and oxygen atoms in total. The van der Waals surface area contributed by atoms with Gasteiger partial charge in [0.05, 0.1) is 128 Å². The number of hydrogen-bond acceptors (Lipinski definition) is 22. The van der Waals surface area contributed by atoms with E-state index in [-0.39, 0.29) is 126 Å². The average molecular weight is 1950 g/mol. The molecule has 8 amide bonds. The number of rotatable bonds is 27. The second-order valence-electron chi connectivity index (χ2n) is 27.8. The molecule has 614 valence electrons. The van der Waals surface area contributed by atoms with Crippen LogP contribution in [0.2, 0.25) is 0 Å². The third-order valence-corrected chi connectivity index (χ3v) is 24.3. The second kappa shape index (κ2) is 37.5. The molecule has 0 atom stereocenters. The van der Waals surface area contributed by atoms with Crippen LogP contribution < -0.4 is 11.1 Å². The van der Waals surface area contributed by atoms with Gasteiger partial charge in [0.2, 0.25) is 0 Å². The Morgan fingerprint density at radius 3 is 0.752 bits per heavy atom. The van der Waals surface area contributed by atoms with Crippen molar-refractivity contribution in [3.63, 3.8) is 0 Å². The quantitative estimate of drug-likeness (QED) is 0.0209. The van der Waals surface area contributed by atoms with E-state index in [1.54, 1.807) is 121 Å². The molecule has 31 heteroatoms. The first kappa shape index (κ1) is 85.0. The van der Waals surface area contributed by atoms with Crippen molar-refractivity contribution in [3.05, 3.63) is 271 Å². The molecular weight excluding hydrogens is 1880 g/mol. The molecule has 121 heavy (non-hydrogen) atoms. The lowest BCUT2D eigenvalue weighted by Crippen LogP contribution is -2.42. The number of hydrogen-bond donors (Lipinski definition) is 2. The number of cyclic esters (lactones) is 4. The zero-order valence-electron chi connectivity index (χ0n) is 64.0. The van der Waals surface area contributed by atoms with E-state index < -0.39 is 23.9 Å². The predicted molar refractivity (Wildman–Crippen MR) is 466 cm³/mol. The van der Waals surface area contributed by atoms with Gasteiger partial charge < -0.3 is 48.9 Å². The fraction of sp³-hybridized carbons (Fsp3) is 0.200. The molecule has 12 aromatic carbocycles. The number of nitrogens with two attached hydrogens (primary N) is 1. The van der Waals surface area contributed by atoms with Crippen molar-refractivity contribution in [2.75, 3.05) is 124 Å². The van der Waals surface area contributed by atoms with Gasteiger partial charge >= 0.3 is 23.9 Å². The van der Waals surface area contributed by atoms with E-state index >= 15 is 0 Å². The minimum atomic E-state index is -0.582. The third-order valence-electron chi connectivity index (χ3n) is 20.8. The highest BCUT2D eigenvalue weighted by molar-refractivity contribution is 9.11. The van der Waals surface area contributed by atoms with Gasteiger partial charge in [-0.25, -0.2) is 19.2 Å². The summed E-state index contributed by atoms with van der Waals surface area (Å²) in [5.74, 6) is -5.17. The molecular formula is C90H69Br5N6O20. The zero-order valence-corrected chi connectivity index (χ0v) is 71.9. The highest BCUT2D eigenvalue weighted by atomic mass is 79.9. The molecule has 0 spiro atoms. The van der Waals surface area contributed by atoms with E-state index in [1.807, 2.05) is 60.7 Å². The highest BCUT2D eigenvalue weighted by Crippen LogP contribution is 2.41. The van der Waals surface area contributed by atoms with Gasteiger partial charge in [0.15, 0.2) is 0 Å². The summed E-state index contributed by atoms with van der Waals surface area (Å²) in [7, 11) is 0. The van der Waals surface area contributed by atoms with Gasteiger partial charge in [-0.05, 0) is 136 Å². The number of nitrogens with one attached hydrogen (secondary N) is 1. The maximum atomic E-state index is 13.4. The van der Waals surface area contributed by atoms with Crippen LogP contribution in [-0.4, -0.2) is 209 Å². The second-order valence-corrected chi connectivity index (χ2v) is 32.1. The van der Waals surface area contributed by atoms with E-state index in [0.717, 1.165) is 60.4 Å². The first-order valence-corrected chi connectivity index (χ1v) is 42.1. The maximum absolute atomic E-state index is 13.4. The molecule has 18 rings (SSSR count). The molecule has 3 N–H and O–H groups in total. The topological polar surface area (TPSA) is 330 Å². The minimum Gasteiger partial charge on any atom is -0.386 e. The smallest absolute Gasteiger partial charge is 0.346 e. The van der Waals surface area contributed by atoms with Crippen molar-refractivity contribution < 1.29 is 95.4 Å². The molecule has 0 radical (unpaired) electrons. The SMILES string of the molecule is NCCOCCOCCNc1ccc2c3c(cccc13)C(=O)N(CCOCCOCCN1C(=O)c3cccc4c(Br)ccc(c34)C1=O)C2=O.O=C1OC(=O)c2ccc(Br)c3cccc1c23.O=C1OC(=O)c2ccc(Br)c3cccc1c23.O=C1c2cccc3c(Br)ccc(c23)C(=O)N1CCOCCOCCN1C(=O)c2cccc3c(Br)ccc(c23)C1=O. The van der Waals surface area contributed by atoms with Crippen molar-refractivity contribution in [2.45, 2.75) is 0 Å². The molecule has 0 fully saturated rings. The molecule has 0 bridgehead atoms. The van der Waals surface area contributed by atoms with Gasteiger partial charge in [-0.3, -0.25) is 58.0 Å². The summed E-state index contributed by atoms with van der Waals surface area (Å²) in [4.78, 5) is 156. The number of halogens is 5. The lowest BCUT2D eigenvalue weighted by atomic mass is 9.93. The number of carbonyl (C=O) groups excluding carboxylic acids is 12. The van der Waals surface area contributed by atoms with Crippen LogP contribution in [0.4, 0.5) is 5.69 Å². The van der Waals surface area contributed by atoms with Gasteiger partial charge in [-0.2, -0.15) is 0 Å². The van der Waals surface area contributed by atoms with Crippen molar-refractivity contribution >= 4 is 221 Å². The summed E-state index contributed by atoms with van der Waals surface area (Å²) in [6.45, 7) is 4.80. The van der Waals surface area contributed by atoms with Crippen LogP contribution in [-0.2, 0) is 37.9 Å². The number of carbonyl (C=O) groups is 12. The van der Waals surface area contributed by atoms with Gasteiger partial charge in [0, 0.05) is 123 Å². The average Bonchev–Trinajstić information content (AvgIpc) is 0.737. The van der Waals surface area contributed by atoms with Crippen molar-refractivity contribution in [1.29, 1.82) is 0 Å². The summed E-state index contributed by atoms with van der Waals surface area (Å²) < 4.78 is 46.9. The first-order valence-electron chi connectivity index (χ1n) is 38.2. The molecule has 6 heterocycles. The van der Waals surface area contributed by atoms with E-state index in [0.29, 0.717) is 139 Å². The number of nitrogens with zero attached hydrogens (tertiary/aromatic N) is 4. The number of benzene rings is 12. The van der Waals surface area contributed by atoms with Crippen LogP contribution in [0.15, 0.2) is 204 Å². The van der Waals surface area contributed by atoms with Gasteiger partial charge in [-0.15, -0.1) is 0 Å². The standard InChI is InChI=1S/C36H37BrN4O8.C30H22Br2N2O6.2C12H5BrO3/c37-29-9-7-27-31-23(29)3-1-5-25(31)33(42)40(35(27)44)13-17-48-21-22-49-18-14-41-34(43)26-6-2-4-24-30(10-8-28(32(24)26)36(41)45)39-12-16-47-20-19-46-15-11-38;31-23-9-7-21-25-17(23)3-1-5-19(25)27(35)33(29(21)37)11-13-39-15-16-40-14-12-34-28(36)20-6-2-4-18-24(32)10-8-22(26(18)20)30(34)38;2*13-9-5-4-8-10-6(9)2-1-3-7(10)11(14)16-12(8)15/h1-10,39H,11-22,38H2;1-10H,11-16H2;2*1-5H. The summed E-state index contributed by atoms with van der Waals surface area (Å²) in [6, 6.07) is 53.3. The summed E-state index contributed by atoms with van der Waals surface area (Å²) in [5.41, 5.74) is 11.8. The number of esters is 4. The van der Waals surface area contributed by atoms with Crippen LogP contribution in [0.5, 0.6) is 0 Å². The molecule has 0 aliphatic carbocycles. The predicted octanol–water partition coefficient (Wildman–Crippen LogP) is 15.4. The molecule has 12 aromatic rings. The monoisotopic (exact) mass is 1950 g/mol. The Balaban J connectivity index is 0.000000139. The van der Waals surface area contributed by atoms with E-state index in [1.165, 1.54) is 19.6 Å². The van der Waals surface area contributed by atoms with E-state index in [9.17, 15) is 57.5 Å². The lowest BCUT2D eigenvalue weighted by molar-refractivity contribution is 0.0264. The van der Waals surface area contributed by atoms with Gasteiger partial charge in [-0.1, -0.05) is 152 Å². The van der Waals surface area contributed by atoms with Crippen LogP contribution in [0.25, 0.3) is 64.6 Å². The van der Waals surface area contributed by atoms with Gasteiger partial charge in [0.1, 0.15) is 0 Å². The normalized spacial score (nSPS) is 14.3. The summed E-state index contributed by atoms with van der Waals surface area (Å²) in [5, 5.41) is 12.2. The molecule has 0 saturated heterocycles. The molecule has 0 aromatic heterocycles. The van der Waals surface area contributed by atoms with Crippen LogP contribution >= 0.6 is 79.6 Å². The van der Waals surface area contributed by atoms with Crippen LogP contribution in [0, 0.1) is 0 Å². The van der Waals surface area contributed by atoms with E-state index in [4.69, 9.17) is 34.2 Å². The Morgan fingerprint density at radius 1 is 0.248 bits per heavy atom. The molecule has 0 unspecified atom stereocenters. The molecule has 6 aliphatic heterocycles. The Bertz CT molecular complexity index is 5990. The highest BCUT2D eigenvalue weighted by Gasteiger charge is 2.39. The van der Waals surface area contributed by atoms with Crippen LogP contribution in [0.1, 0.15) is 124 Å². The number of amides is 8. The number of anilines is 1. The fourth-order valence-corrected chi connectivity index (χ4v) is 17.5. The van der Waals surface area contributed by atoms with Crippen molar-refractivity contribution in [3.8, 4) is 0 Å². The number of imide groups is 4. The zero-order chi connectivity index (χ0) is 84.9. The van der Waals surface area contributed by atoms with Crippen LogP contribution in [0.3, 0.4) is 0 Å². The maximum Gasteiger partial charge on any atom is 0.346 e. The van der Waals surface area contributed by atoms with Crippen molar-refractivity contribution in [2.24, 2.45) is 5.73 Å². The summed E-state index contributed by atoms with van der Waals surface area (Å²) in [6.07, 6.45) is 0. The minimum absolute atomic E-state index is 0.0810. The van der Waals surface area contributed by atoms with E-state index in [2.05, 4.69) is 94.4 Å². The Labute approximate surface area is 731 Å². The Kier molecular flexibility index (Phi) is 26.3. The van der Waals surface area contributed by atoms with Gasteiger partial charge in [0.25, 0.3) is 47.3 Å². The Morgan fingerprint density at radius 2 is 0.463 bits per heavy atom. The fourth-order valence-electron chi connectivity index (χ4n) is 15.2.